The number of hydrogen-bond donors (Lipinski definition) is 2. The number of hydrogen-bond acceptors (Lipinski definition) is 5. The predicted molar refractivity (Wildman–Crippen MR) is 106 cm³/mol. The highest BCUT2D eigenvalue weighted by Crippen LogP contribution is 2.24. The molecule has 0 bridgehead atoms. The highest BCUT2D eigenvalue weighted by Gasteiger charge is 2.29. The lowest BCUT2D eigenvalue weighted by atomic mass is 9.86. The van der Waals surface area contributed by atoms with Gasteiger partial charge in [-0.2, -0.15) is 0 Å². The summed E-state index contributed by atoms with van der Waals surface area (Å²) >= 11 is 0. The van der Waals surface area contributed by atoms with Gasteiger partial charge in [-0.15, -0.1) is 0 Å². The van der Waals surface area contributed by atoms with Gasteiger partial charge in [0, 0.05) is 37.7 Å². The van der Waals surface area contributed by atoms with Crippen molar-refractivity contribution in [3.63, 3.8) is 0 Å². The summed E-state index contributed by atoms with van der Waals surface area (Å²) in [5.41, 5.74) is 1.77. The molecule has 1 unspecified atom stereocenters. The van der Waals surface area contributed by atoms with Gasteiger partial charge in [0.15, 0.2) is 0 Å². The van der Waals surface area contributed by atoms with Gasteiger partial charge in [0.05, 0.1) is 12.3 Å². The number of nitrogens with zero attached hydrogens (tertiary/aromatic N) is 1. The molecule has 1 fully saturated rings. The molecule has 2 N–H and O–H groups in total. The van der Waals surface area contributed by atoms with Gasteiger partial charge in [-0.05, 0) is 42.5 Å². The van der Waals surface area contributed by atoms with Gasteiger partial charge in [0.25, 0.3) is 0 Å². The van der Waals surface area contributed by atoms with Crippen LogP contribution >= 0.6 is 0 Å². The summed E-state index contributed by atoms with van der Waals surface area (Å²) in [5.74, 6) is -0.955. The Morgan fingerprint density at radius 2 is 2.00 bits per heavy atom. The van der Waals surface area contributed by atoms with Crippen LogP contribution in [-0.4, -0.2) is 41.7 Å². The number of carboxylic acid groups (broad SMARTS) is 1. The van der Waals surface area contributed by atoms with E-state index in [2.05, 4.69) is 10.3 Å². The summed E-state index contributed by atoms with van der Waals surface area (Å²) in [7, 11) is 0. The van der Waals surface area contributed by atoms with Crippen LogP contribution in [0, 0.1) is 11.8 Å². The largest absolute Gasteiger partial charge is 0.489 e. The van der Waals surface area contributed by atoms with Crippen LogP contribution in [0.15, 0.2) is 48.8 Å². The van der Waals surface area contributed by atoms with Gasteiger partial charge < -0.3 is 19.9 Å². The molecule has 0 spiro atoms. The van der Waals surface area contributed by atoms with E-state index in [1.54, 1.807) is 12.4 Å². The molecule has 3 rings (SSSR count). The van der Waals surface area contributed by atoms with Crippen LogP contribution < -0.4 is 10.1 Å². The second kappa shape index (κ2) is 10.6. The van der Waals surface area contributed by atoms with Crippen LogP contribution in [0.25, 0.3) is 0 Å². The number of rotatable bonds is 9. The number of aromatic nitrogens is 1. The van der Waals surface area contributed by atoms with Gasteiger partial charge in [-0.25, -0.2) is 0 Å². The van der Waals surface area contributed by atoms with E-state index in [0.29, 0.717) is 38.4 Å². The van der Waals surface area contributed by atoms with Crippen molar-refractivity contribution in [1.82, 2.24) is 10.3 Å². The number of nitrogens with one attached hydrogen (secondary N) is 1. The second-order valence-corrected chi connectivity index (χ2v) is 7.17. The van der Waals surface area contributed by atoms with Crippen molar-refractivity contribution >= 4 is 11.9 Å². The molecular formula is C22H26N2O5. The SMILES string of the molecule is O=C(Cc1cccc(OCc2cccnc2)c1)NCC(C(=O)O)C1CCOCC1. The number of carbonyl (C=O) groups is 2. The molecule has 1 aliphatic rings. The van der Waals surface area contributed by atoms with E-state index in [4.69, 9.17) is 9.47 Å². The zero-order valence-corrected chi connectivity index (χ0v) is 16.3. The fourth-order valence-corrected chi connectivity index (χ4v) is 3.44. The molecule has 7 heteroatoms. The lowest BCUT2D eigenvalue weighted by molar-refractivity contribution is -0.144. The maximum absolute atomic E-state index is 12.3. The van der Waals surface area contributed by atoms with Gasteiger partial charge in [0.1, 0.15) is 12.4 Å². The van der Waals surface area contributed by atoms with Gasteiger partial charge in [0.2, 0.25) is 5.91 Å². The van der Waals surface area contributed by atoms with E-state index >= 15 is 0 Å². The molecule has 7 nitrogen and oxygen atoms in total. The van der Waals surface area contributed by atoms with Crippen LogP contribution in [0.5, 0.6) is 5.75 Å². The topological polar surface area (TPSA) is 97.8 Å². The number of aliphatic carboxylic acids is 1. The Kier molecular flexibility index (Phi) is 7.58. The molecule has 1 aromatic heterocycles. The Labute approximate surface area is 170 Å². The minimum Gasteiger partial charge on any atom is -0.489 e. The molecule has 154 valence electrons. The van der Waals surface area contributed by atoms with E-state index in [1.807, 2.05) is 36.4 Å². The fourth-order valence-electron chi connectivity index (χ4n) is 3.44. The van der Waals surface area contributed by atoms with Crippen molar-refractivity contribution in [3.8, 4) is 5.75 Å². The second-order valence-electron chi connectivity index (χ2n) is 7.17. The summed E-state index contributed by atoms with van der Waals surface area (Å²) in [6.07, 6.45) is 5.05. The maximum Gasteiger partial charge on any atom is 0.308 e. The molecule has 2 aromatic rings. The van der Waals surface area contributed by atoms with Crippen LogP contribution in [0.2, 0.25) is 0 Å². The molecule has 0 radical (unpaired) electrons. The maximum atomic E-state index is 12.3. The Balaban J connectivity index is 1.50. The first-order chi connectivity index (χ1) is 14.1. The first kappa shape index (κ1) is 20.8. The lowest BCUT2D eigenvalue weighted by Gasteiger charge is -2.27. The van der Waals surface area contributed by atoms with Gasteiger partial charge in [-0.1, -0.05) is 18.2 Å². The normalized spacial score (nSPS) is 15.4. The third kappa shape index (κ3) is 6.57. The molecule has 2 heterocycles. The monoisotopic (exact) mass is 398 g/mol. The summed E-state index contributed by atoms with van der Waals surface area (Å²) in [5, 5.41) is 12.3. The van der Waals surface area contributed by atoms with E-state index in [1.165, 1.54) is 0 Å². The quantitative estimate of drug-likeness (QED) is 0.673. The van der Waals surface area contributed by atoms with Crippen molar-refractivity contribution in [2.24, 2.45) is 11.8 Å². The third-order valence-corrected chi connectivity index (χ3v) is 5.06. The van der Waals surface area contributed by atoms with Gasteiger partial charge in [-0.3, -0.25) is 14.6 Å². The highest BCUT2D eigenvalue weighted by molar-refractivity contribution is 5.79. The summed E-state index contributed by atoms with van der Waals surface area (Å²) in [6, 6.07) is 11.1. The van der Waals surface area contributed by atoms with Crippen LogP contribution in [-0.2, 0) is 27.4 Å². The van der Waals surface area contributed by atoms with Crippen molar-refractivity contribution in [1.29, 1.82) is 0 Å². The lowest BCUT2D eigenvalue weighted by Crippen LogP contribution is -2.39. The summed E-state index contributed by atoms with van der Waals surface area (Å²) in [6.45, 7) is 1.69. The van der Waals surface area contributed by atoms with Crippen molar-refractivity contribution in [2.45, 2.75) is 25.9 Å². The number of pyridine rings is 1. The molecule has 1 atom stereocenters. The molecule has 1 aromatic carbocycles. The van der Waals surface area contributed by atoms with E-state index < -0.39 is 11.9 Å². The Morgan fingerprint density at radius 1 is 1.21 bits per heavy atom. The summed E-state index contributed by atoms with van der Waals surface area (Å²) < 4.78 is 11.1. The first-order valence-electron chi connectivity index (χ1n) is 9.79. The standard InChI is InChI=1S/C22H26N2O5/c25-21(24-14-20(22(26)27)18-6-9-28-10-7-18)12-16-3-1-5-19(11-16)29-15-17-4-2-8-23-13-17/h1-5,8,11,13,18,20H,6-7,9-10,12,14-15H2,(H,24,25)(H,26,27). The third-order valence-electron chi connectivity index (χ3n) is 5.06. The highest BCUT2D eigenvalue weighted by atomic mass is 16.5. The predicted octanol–water partition coefficient (Wildman–Crippen LogP) is 2.45. The van der Waals surface area contributed by atoms with E-state index in [9.17, 15) is 14.7 Å². The first-order valence-corrected chi connectivity index (χ1v) is 9.79. The number of carbonyl (C=O) groups excluding carboxylic acids is 1. The van der Waals surface area contributed by atoms with Crippen LogP contribution in [0.1, 0.15) is 24.0 Å². The molecular weight excluding hydrogens is 372 g/mol. The zero-order chi connectivity index (χ0) is 20.5. The molecule has 1 aliphatic heterocycles. The number of carboxylic acids is 1. The summed E-state index contributed by atoms with van der Waals surface area (Å²) in [4.78, 5) is 28.0. The van der Waals surface area contributed by atoms with Crippen LogP contribution in [0.4, 0.5) is 0 Å². The zero-order valence-electron chi connectivity index (χ0n) is 16.3. The number of amides is 1. The minimum atomic E-state index is -0.872. The van der Waals surface area contributed by atoms with E-state index in [-0.39, 0.29) is 24.8 Å². The average molecular weight is 398 g/mol. The Morgan fingerprint density at radius 3 is 2.72 bits per heavy atom. The van der Waals surface area contributed by atoms with Crippen LogP contribution in [0.3, 0.4) is 0 Å². The minimum absolute atomic E-state index is 0.0331. The Bertz CT molecular complexity index is 806. The fraction of sp³-hybridized carbons (Fsp3) is 0.409. The Hall–Kier alpha value is -2.93. The van der Waals surface area contributed by atoms with Gasteiger partial charge >= 0.3 is 5.97 Å². The molecule has 0 saturated carbocycles. The van der Waals surface area contributed by atoms with E-state index in [0.717, 1.165) is 11.1 Å². The smallest absolute Gasteiger partial charge is 0.308 e. The molecule has 0 aliphatic carbocycles. The van der Waals surface area contributed by atoms with Crippen molar-refractivity contribution < 1.29 is 24.2 Å². The molecule has 1 amide bonds. The average Bonchev–Trinajstić information content (AvgIpc) is 2.74. The number of benzene rings is 1. The van der Waals surface area contributed by atoms with Crippen molar-refractivity contribution in [2.75, 3.05) is 19.8 Å². The van der Waals surface area contributed by atoms with Crippen molar-refractivity contribution in [3.05, 3.63) is 59.9 Å². The molecule has 1 saturated heterocycles. The number of ether oxygens (including phenoxy) is 2. The molecule has 29 heavy (non-hydrogen) atoms.